The quantitative estimate of drug-likeness (QED) is 0.687. The number of hydrogen-bond donors (Lipinski definition) is 2. The summed E-state index contributed by atoms with van der Waals surface area (Å²) in [6, 6.07) is 0.585. The molecule has 0 saturated heterocycles. The average molecular weight is 400 g/mol. The number of carbonyl (C=O) groups excluding carboxylic acids is 1. The number of anilines is 1. The lowest BCUT2D eigenvalue weighted by atomic mass is 10.1. The van der Waals surface area contributed by atoms with Gasteiger partial charge in [0, 0.05) is 31.1 Å². The van der Waals surface area contributed by atoms with Crippen LogP contribution in [0.5, 0.6) is 0 Å². The Morgan fingerprint density at radius 2 is 2.15 bits per heavy atom. The van der Waals surface area contributed by atoms with Crippen molar-refractivity contribution in [2.45, 2.75) is 25.9 Å². The third-order valence-corrected chi connectivity index (χ3v) is 5.05. The molecule has 1 aliphatic carbocycles. The number of pyridine rings is 1. The normalized spacial score (nSPS) is 14.2. The molecular weight excluding hydrogens is 381 g/mol. The highest BCUT2D eigenvalue weighted by molar-refractivity contribution is 7.19. The summed E-state index contributed by atoms with van der Waals surface area (Å²) in [7, 11) is 0. The predicted octanol–water partition coefficient (Wildman–Crippen LogP) is 4.08. The first-order valence-electron chi connectivity index (χ1n) is 8.45. The van der Waals surface area contributed by atoms with Gasteiger partial charge in [-0.3, -0.25) is 10.3 Å². The van der Waals surface area contributed by atoms with Gasteiger partial charge in [-0.15, -0.1) is 0 Å². The van der Waals surface area contributed by atoms with Gasteiger partial charge in [0.1, 0.15) is 0 Å². The number of urea groups is 1. The molecule has 27 heavy (non-hydrogen) atoms. The van der Waals surface area contributed by atoms with Gasteiger partial charge in [-0.05, 0) is 31.7 Å². The van der Waals surface area contributed by atoms with E-state index in [1.54, 1.807) is 6.92 Å². The predicted molar refractivity (Wildman–Crippen MR) is 95.6 cm³/mol. The van der Waals surface area contributed by atoms with E-state index in [9.17, 15) is 18.0 Å². The molecule has 2 aromatic rings. The lowest BCUT2D eigenvalue weighted by Gasteiger charge is -2.07. The van der Waals surface area contributed by atoms with Gasteiger partial charge in [0.25, 0.3) is 0 Å². The van der Waals surface area contributed by atoms with Crippen LogP contribution in [0.25, 0.3) is 10.4 Å². The fourth-order valence-corrected chi connectivity index (χ4v) is 3.29. The molecule has 1 saturated carbocycles. The third-order valence-electron chi connectivity index (χ3n) is 3.93. The largest absolute Gasteiger partial charge is 0.417 e. The second-order valence-corrected chi connectivity index (χ2v) is 7.29. The Kier molecular flexibility index (Phi) is 5.95. The van der Waals surface area contributed by atoms with Crippen LogP contribution in [0.15, 0.2) is 18.5 Å². The molecule has 0 aromatic carbocycles. The summed E-state index contributed by atoms with van der Waals surface area (Å²) in [5, 5.41) is 5.54. The highest BCUT2D eigenvalue weighted by atomic mass is 32.1. The molecule has 1 aliphatic rings. The molecule has 146 valence electrons. The number of aryl methyl sites for hydroxylation is 1. The van der Waals surface area contributed by atoms with Crippen LogP contribution >= 0.6 is 11.3 Å². The van der Waals surface area contributed by atoms with E-state index in [0.29, 0.717) is 40.3 Å². The number of hydrogen-bond acceptors (Lipinski definition) is 5. The number of nitrogens with zero attached hydrogens (tertiary/aromatic N) is 2. The van der Waals surface area contributed by atoms with E-state index in [1.165, 1.54) is 19.0 Å². The number of nitrogens with one attached hydrogen (secondary N) is 2. The molecule has 2 amide bonds. The molecular formula is C17H19F3N4O2S. The SMILES string of the molecule is Cc1nc(NC(=O)NCCOCC2CC2)sc1-c1cncc(C(F)(F)F)c1. The van der Waals surface area contributed by atoms with Crippen molar-refractivity contribution in [2.24, 2.45) is 5.92 Å². The number of aromatic nitrogens is 2. The maximum absolute atomic E-state index is 12.9. The molecule has 0 atom stereocenters. The molecule has 2 heterocycles. The smallest absolute Gasteiger partial charge is 0.379 e. The zero-order valence-electron chi connectivity index (χ0n) is 14.6. The number of alkyl halides is 3. The Hall–Kier alpha value is -2.20. The van der Waals surface area contributed by atoms with Crippen molar-refractivity contribution in [1.29, 1.82) is 0 Å². The van der Waals surface area contributed by atoms with E-state index in [1.807, 2.05) is 0 Å². The lowest BCUT2D eigenvalue weighted by Crippen LogP contribution is -2.31. The van der Waals surface area contributed by atoms with E-state index >= 15 is 0 Å². The highest BCUT2D eigenvalue weighted by Gasteiger charge is 2.31. The first kappa shape index (κ1) is 19.6. The average Bonchev–Trinajstić information content (AvgIpc) is 3.36. The van der Waals surface area contributed by atoms with Gasteiger partial charge >= 0.3 is 12.2 Å². The van der Waals surface area contributed by atoms with Gasteiger partial charge in [0.05, 0.1) is 22.7 Å². The maximum Gasteiger partial charge on any atom is 0.417 e. The van der Waals surface area contributed by atoms with E-state index in [4.69, 9.17) is 4.74 Å². The van der Waals surface area contributed by atoms with Crippen molar-refractivity contribution in [3.05, 3.63) is 29.7 Å². The molecule has 0 radical (unpaired) electrons. The molecule has 3 rings (SSSR count). The van der Waals surface area contributed by atoms with Gasteiger partial charge in [0.15, 0.2) is 5.13 Å². The molecule has 0 spiro atoms. The van der Waals surface area contributed by atoms with Crippen molar-refractivity contribution < 1.29 is 22.7 Å². The first-order chi connectivity index (χ1) is 12.8. The Morgan fingerprint density at radius 1 is 1.37 bits per heavy atom. The summed E-state index contributed by atoms with van der Waals surface area (Å²) in [5.41, 5.74) is -0.00259. The number of carbonyl (C=O) groups is 1. The van der Waals surface area contributed by atoms with Crippen molar-refractivity contribution in [3.63, 3.8) is 0 Å². The Bertz CT molecular complexity index is 806. The third kappa shape index (κ3) is 5.64. The lowest BCUT2D eigenvalue weighted by molar-refractivity contribution is -0.137. The van der Waals surface area contributed by atoms with Crippen molar-refractivity contribution in [2.75, 3.05) is 25.1 Å². The second kappa shape index (κ2) is 8.22. The molecule has 0 aliphatic heterocycles. The number of amides is 2. The van der Waals surface area contributed by atoms with Crippen LogP contribution < -0.4 is 10.6 Å². The summed E-state index contributed by atoms with van der Waals surface area (Å²) in [6.07, 6.45) is 0.0703. The second-order valence-electron chi connectivity index (χ2n) is 6.29. The van der Waals surface area contributed by atoms with Gasteiger partial charge in [-0.1, -0.05) is 11.3 Å². The molecule has 1 fully saturated rings. The molecule has 2 N–H and O–H groups in total. The van der Waals surface area contributed by atoms with E-state index in [-0.39, 0.29) is 0 Å². The Balaban J connectivity index is 1.56. The zero-order chi connectivity index (χ0) is 19.4. The molecule has 2 aromatic heterocycles. The van der Waals surface area contributed by atoms with Crippen molar-refractivity contribution in [3.8, 4) is 10.4 Å². The minimum Gasteiger partial charge on any atom is -0.379 e. The van der Waals surface area contributed by atoms with Crippen LogP contribution in [-0.4, -0.2) is 35.8 Å². The van der Waals surface area contributed by atoms with Crippen molar-refractivity contribution >= 4 is 22.5 Å². The van der Waals surface area contributed by atoms with Crippen LogP contribution in [0.2, 0.25) is 0 Å². The minimum atomic E-state index is -4.47. The topological polar surface area (TPSA) is 76.1 Å². The van der Waals surface area contributed by atoms with E-state index in [2.05, 4.69) is 20.6 Å². The summed E-state index contributed by atoms with van der Waals surface area (Å²) < 4.78 is 44.0. The fourth-order valence-electron chi connectivity index (χ4n) is 2.35. The highest BCUT2D eigenvalue weighted by Crippen LogP contribution is 2.36. The molecule has 0 unspecified atom stereocenters. The Labute approximate surface area is 158 Å². The van der Waals surface area contributed by atoms with Crippen LogP contribution in [0, 0.1) is 12.8 Å². The summed E-state index contributed by atoms with van der Waals surface area (Å²) >= 11 is 1.09. The summed E-state index contributed by atoms with van der Waals surface area (Å²) in [5.74, 6) is 0.667. The van der Waals surface area contributed by atoms with Gasteiger partial charge < -0.3 is 10.1 Å². The maximum atomic E-state index is 12.9. The Morgan fingerprint density at radius 3 is 2.85 bits per heavy atom. The van der Waals surface area contributed by atoms with E-state index < -0.39 is 17.8 Å². The van der Waals surface area contributed by atoms with Crippen molar-refractivity contribution in [1.82, 2.24) is 15.3 Å². The molecule has 6 nitrogen and oxygen atoms in total. The van der Waals surface area contributed by atoms with Crippen LogP contribution in [-0.2, 0) is 10.9 Å². The first-order valence-corrected chi connectivity index (χ1v) is 9.27. The molecule has 0 bridgehead atoms. The van der Waals surface area contributed by atoms with Gasteiger partial charge in [-0.25, -0.2) is 9.78 Å². The minimum absolute atomic E-state index is 0.302. The van der Waals surface area contributed by atoms with Gasteiger partial charge in [-0.2, -0.15) is 13.2 Å². The summed E-state index contributed by atoms with van der Waals surface area (Å²) in [6.45, 7) is 3.19. The van der Waals surface area contributed by atoms with E-state index in [0.717, 1.165) is 30.2 Å². The van der Waals surface area contributed by atoms with Crippen LogP contribution in [0.1, 0.15) is 24.1 Å². The zero-order valence-corrected chi connectivity index (χ0v) is 15.4. The number of halogens is 3. The molecule has 10 heteroatoms. The van der Waals surface area contributed by atoms with Crippen LogP contribution in [0.3, 0.4) is 0 Å². The standard InChI is InChI=1S/C17H19F3N4O2S/c1-10-14(12-6-13(8-21-7-12)17(18,19)20)27-16(23-10)24-15(25)22-4-5-26-9-11-2-3-11/h6-8,11H,2-5,9H2,1H3,(H2,22,23,24,25). The van der Waals surface area contributed by atoms with Gasteiger partial charge in [0.2, 0.25) is 0 Å². The number of rotatable bonds is 7. The fraction of sp³-hybridized carbons (Fsp3) is 0.471. The summed E-state index contributed by atoms with van der Waals surface area (Å²) in [4.78, 5) is 20.3. The number of ether oxygens (including phenoxy) is 1. The number of thiazole rings is 1. The van der Waals surface area contributed by atoms with Crippen LogP contribution in [0.4, 0.5) is 23.1 Å². The monoisotopic (exact) mass is 400 g/mol.